The smallest absolute Gasteiger partial charge is 0.272 e. The molecule has 1 aromatic carbocycles. The molecule has 0 atom stereocenters. The van der Waals surface area contributed by atoms with E-state index in [1.54, 1.807) is 42.0 Å². The molecule has 0 unspecified atom stereocenters. The first-order chi connectivity index (χ1) is 14.3. The molecule has 0 aliphatic heterocycles. The van der Waals surface area contributed by atoms with E-state index in [1.807, 2.05) is 6.92 Å². The number of hydrogen-bond donors (Lipinski definition) is 2. The standard InChI is InChI=1S/C21H19BrCl2N4O2/c1-4-16-14(22)10-17(28(16)19-15(24)6-5-7-26-19)21(30)27-18-11(2)8-12(23)9-13(18)20(29)25-3/h5-10H,4H2,1-3H3,(H,25,29)(H,27,30). The zero-order valence-corrected chi connectivity index (χ0v) is 19.6. The Morgan fingerprint density at radius 3 is 2.57 bits per heavy atom. The molecule has 0 bridgehead atoms. The average molecular weight is 510 g/mol. The minimum Gasteiger partial charge on any atom is -0.355 e. The van der Waals surface area contributed by atoms with Crippen LogP contribution in [0, 0.1) is 6.92 Å². The quantitative estimate of drug-likeness (QED) is 0.481. The molecule has 3 rings (SSSR count). The highest BCUT2D eigenvalue weighted by molar-refractivity contribution is 9.10. The van der Waals surface area contributed by atoms with Crippen molar-refractivity contribution in [2.75, 3.05) is 12.4 Å². The van der Waals surface area contributed by atoms with Crippen LogP contribution in [0.25, 0.3) is 5.82 Å². The first kappa shape index (κ1) is 22.3. The maximum absolute atomic E-state index is 13.3. The van der Waals surface area contributed by atoms with E-state index in [2.05, 4.69) is 31.5 Å². The summed E-state index contributed by atoms with van der Waals surface area (Å²) in [5, 5.41) is 6.25. The highest BCUT2D eigenvalue weighted by Crippen LogP contribution is 2.31. The molecule has 0 saturated carbocycles. The average Bonchev–Trinajstić information content (AvgIpc) is 3.05. The molecule has 0 fully saturated rings. The number of anilines is 1. The zero-order chi connectivity index (χ0) is 22.0. The fraction of sp³-hybridized carbons (Fsp3) is 0.190. The van der Waals surface area contributed by atoms with Crippen LogP contribution in [-0.4, -0.2) is 28.4 Å². The lowest BCUT2D eigenvalue weighted by Gasteiger charge is -2.16. The Kier molecular flexibility index (Phi) is 6.85. The number of nitrogens with one attached hydrogen (secondary N) is 2. The first-order valence-electron chi connectivity index (χ1n) is 9.13. The highest BCUT2D eigenvalue weighted by atomic mass is 79.9. The molecule has 0 spiro atoms. The number of pyridine rings is 1. The Bertz CT molecular complexity index is 1140. The number of amides is 2. The van der Waals surface area contributed by atoms with Gasteiger partial charge >= 0.3 is 0 Å². The van der Waals surface area contributed by atoms with Crippen molar-refractivity contribution in [1.29, 1.82) is 0 Å². The number of hydrogen-bond acceptors (Lipinski definition) is 3. The van der Waals surface area contributed by atoms with Gasteiger partial charge in [0.1, 0.15) is 5.69 Å². The van der Waals surface area contributed by atoms with Crippen molar-refractivity contribution in [3.05, 3.63) is 73.6 Å². The summed E-state index contributed by atoms with van der Waals surface area (Å²) in [6.45, 7) is 3.75. The lowest BCUT2D eigenvalue weighted by molar-refractivity contribution is 0.0964. The van der Waals surface area contributed by atoms with Gasteiger partial charge in [-0.15, -0.1) is 0 Å². The topological polar surface area (TPSA) is 76.0 Å². The van der Waals surface area contributed by atoms with E-state index >= 15 is 0 Å². The van der Waals surface area contributed by atoms with Crippen LogP contribution in [0.1, 0.15) is 39.0 Å². The van der Waals surface area contributed by atoms with Gasteiger partial charge in [0.25, 0.3) is 11.8 Å². The number of carbonyl (C=O) groups excluding carboxylic acids is 2. The second-order valence-corrected chi connectivity index (χ2v) is 8.20. The number of rotatable bonds is 5. The SMILES string of the molecule is CCc1c(Br)cc(C(=O)Nc2c(C)cc(Cl)cc2C(=O)NC)n1-c1ncccc1Cl. The fourth-order valence-electron chi connectivity index (χ4n) is 3.20. The summed E-state index contributed by atoms with van der Waals surface area (Å²) >= 11 is 16.0. The summed E-state index contributed by atoms with van der Waals surface area (Å²) in [6.07, 6.45) is 2.26. The second-order valence-electron chi connectivity index (χ2n) is 6.50. The molecule has 2 aromatic heterocycles. The van der Waals surface area contributed by atoms with Crippen LogP contribution >= 0.6 is 39.1 Å². The van der Waals surface area contributed by atoms with Gasteiger partial charge in [0.05, 0.1) is 16.3 Å². The number of benzene rings is 1. The number of halogens is 3. The molecule has 0 aliphatic rings. The van der Waals surface area contributed by atoms with Gasteiger partial charge in [-0.2, -0.15) is 0 Å². The monoisotopic (exact) mass is 508 g/mol. The van der Waals surface area contributed by atoms with Crippen LogP contribution in [0.5, 0.6) is 0 Å². The molecule has 0 radical (unpaired) electrons. The van der Waals surface area contributed by atoms with E-state index in [0.717, 1.165) is 10.2 Å². The maximum atomic E-state index is 13.3. The predicted octanol–water partition coefficient (Wildman–Crippen LogP) is 5.42. The molecule has 6 nitrogen and oxygen atoms in total. The molecule has 0 aliphatic carbocycles. The van der Waals surface area contributed by atoms with Gasteiger partial charge in [0.15, 0.2) is 5.82 Å². The van der Waals surface area contributed by atoms with Gasteiger partial charge in [-0.05, 0) is 65.2 Å². The Balaban J connectivity index is 2.13. The third kappa shape index (κ3) is 4.24. The van der Waals surface area contributed by atoms with Crippen molar-refractivity contribution in [1.82, 2.24) is 14.9 Å². The van der Waals surface area contributed by atoms with Gasteiger partial charge in [0, 0.05) is 28.4 Å². The van der Waals surface area contributed by atoms with E-state index in [9.17, 15) is 9.59 Å². The van der Waals surface area contributed by atoms with Gasteiger partial charge in [-0.3, -0.25) is 14.2 Å². The summed E-state index contributed by atoms with van der Waals surface area (Å²) < 4.78 is 2.48. The summed E-state index contributed by atoms with van der Waals surface area (Å²) in [7, 11) is 1.52. The molecule has 3 aromatic rings. The molecular formula is C21H19BrCl2N4O2. The van der Waals surface area contributed by atoms with E-state index in [1.165, 1.54) is 13.1 Å². The number of aryl methyl sites for hydroxylation is 1. The van der Waals surface area contributed by atoms with Gasteiger partial charge in [-0.1, -0.05) is 30.1 Å². The Morgan fingerprint density at radius 1 is 1.20 bits per heavy atom. The lowest BCUT2D eigenvalue weighted by atomic mass is 10.1. The van der Waals surface area contributed by atoms with Gasteiger partial charge in [-0.25, -0.2) is 4.98 Å². The van der Waals surface area contributed by atoms with Gasteiger partial charge in [0.2, 0.25) is 0 Å². The lowest BCUT2D eigenvalue weighted by Crippen LogP contribution is -2.23. The molecule has 2 N–H and O–H groups in total. The molecule has 156 valence electrons. The van der Waals surface area contributed by atoms with Crippen LogP contribution in [0.2, 0.25) is 10.0 Å². The summed E-state index contributed by atoms with van der Waals surface area (Å²) in [6, 6.07) is 8.36. The van der Waals surface area contributed by atoms with Crippen molar-refractivity contribution in [2.24, 2.45) is 0 Å². The molecule has 2 amide bonds. The van der Waals surface area contributed by atoms with Crippen LogP contribution in [0.4, 0.5) is 5.69 Å². The normalized spacial score (nSPS) is 10.7. The molecule has 2 heterocycles. The van der Waals surface area contributed by atoms with E-state index in [0.29, 0.717) is 39.2 Å². The van der Waals surface area contributed by atoms with E-state index in [4.69, 9.17) is 23.2 Å². The minimum absolute atomic E-state index is 0.277. The number of aromatic nitrogens is 2. The van der Waals surface area contributed by atoms with Crippen molar-refractivity contribution < 1.29 is 9.59 Å². The van der Waals surface area contributed by atoms with Gasteiger partial charge < -0.3 is 10.6 Å². The second kappa shape index (κ2) is 9.20. The molecule has 30 heavy (non-hydrogen) atoms. The number of nitrogens with zero attached hydrogens (tertiary/aromatic N) is 2. The minimum atomic E-state index is -0.410. The van der Waals surface area contributed by atoms with Crippen molar-refractivity contribution in [2.45, 2.75) is 20.3 Å². The van der Waals surface area contributed by atoms with Crippen LogP contribution < -0.4 is 10.6 Å². The molecule has 0 saturated heterocycles. The van der Waals surface area contributed by atoms with Crippen LogP contribution in [0.15, 0.2) is 41.0 Å². The van der Waals surface area contributed by atoms with Crippen LogP contribution in [-0.2, 0) is 6.42 Å². The van der Waals surface area contributed by atoms with E-state index in [-0.39, 0.29) is 11.5 Å². The Morgan fingerprint density at radius 2 is 1.93 bits per heavy atom. The highest BCUT2D eigenvalue weighted by Gasteiger charge is 2.24. The first-order valence-corrected chi connectivity index (χ1v) is 10.7. The van der Waals surface area contributed by atoms with Crippen molar-refractivity contribution in [3.63, 3.8) is 0 Å². The Labute approximate surface area is 192 Å². The third-order valence-electron chi connectivity index (χ3n) is 4.58. The van der Waals surface area contributed by atoms with Crippen LogP contribution in [0.3, 0.4) is 0 Å². The number of carbonyl (C=O) groups is 2. The largest absolute Gasteiger partial charge is 0.355 e. The summed E-state index contributed by atoms with van der Waals surface area (Å²) in [4.78, 5) is 30.0. The summed E-state index contributed by atoms with van der Waals surface area (Å²) in [5.41, 5.74) is 2.51. The Hall–Kier alpha value is -2.35. The van der Waals surface area contributed by atoms with Crippen molar-refractivity contribution in [3.8, 4) is 5.82 Å². The molecular weight excluding hydrogens is 491 g/mol. The van der Waals surface area contributed by atoms with Crippen molar-refractivity contribution >= 4 is 56.6 Å². The third-order valence-corrected chi connectivity index (χ3v) is 5.78. The summed E-state index contributed by atoms with van der Waals surface area (Å²) in [5.74, 6) is -0.312. The molecule has 9 heteroatoms. The fourth-order valence-corrected chi connectivity index (χ4v) is 4.35. The predicted molar refractivity (Wildman–Crippen MR) is 123 cm³/mol. The zero-order valence-electron chi connectivity index (χ0n) is 16.5. The maximum Gasteiger partial charge on any atom is 0.272 e. The van der Waals surface area contributed by atoms with E-state index < -0.39 is 5.91 Å².